The third-order valence-corrected chi connectivity index (χ3v) is 3.80. The first-order valence-corrected chi connectivity index (χ1v) is 6.88. The van der Waals surface area contributed by atoms with Crippen LogP contribution >= 0.6 is 0 Å². The van der Waals surface area contributed by atoms with Crippen molar-refractivity contribution in [2.24, 2.45) is 0 Å². The number of ether oxygens (including phenoxy) is 2. The van der Waals surface area contributed by atoms with E-state index in [9.17, 15) is 0 Å². The molecule has 19 heavy (non-hydrogen) atoms. The summed E-state index contributed by atoms with van der Waals surface area (Å²) < 4.78 is 10.9. The number of para-hydroxylation sites is 1. The van der Waals surface area contributed by atoms with Gasteiger partial charge in [-0.15, -0.1) is 0 Å². The maximum atomic E-state index is 5.51. The Hall–Kier alpha value is -1.26. The molecule has 1 atom stereocenters. The van der Waals surface area contributed by atoms with Gasteiger partial charge < -0.3 is 14.8 Å². The van der Waals surface area contributed by atoms with Gasteiger partial charge in [-0.1, -0.05) is 12.1 Å². The van der Waals surface area contributed by atoms with Crippen LogP contribution in [0.25, 0.3) is 0 Å². The fourth-order valence-corrected chi connectivity index (χ4v) is 2.87. The minimum atomic E-state index is 0.626. The van der Waals surface area contributed by atoms with Crippen LogP contribution in [-0.4, -0.2) is 45.3 Å². The highest BCUT2D eigenvalue weighted by atomic mass is 16.5. The van der Waals surface area contributed by atoms with Crippen molar-refractivity contribution in [2.45, 2.75) is 25.4 Å². The normalized spacial score (nSPS) is 19.6. The zero-order valence-electron chi connectivity index (χ0n) is 12.1. The van der Waals surface area contributed by atoms with Crippen LogP contribution in [0.2, 0.25) is 0 Å². The van der Waals surface area contributed by atoms with Crippen LogP contribution < -0.4 is 14.8 Å². The number of rotatable bonds is 6. The summed E-state index contributed by atoms with van der Waals surface area (Å²) in [6, 6.07) is 6.72. The zero-order chi connectivity index (χ0) is 13.7. The third kappa shape index (κ3) is 3.19. The molecule has 0 radical (unpaired) electrons. The first-order chi connectivity index (χ1) is 9.30. The van der Waals surface area contributed by atoms with Gasteiger partial charge in [0.2, 0.25) is 0 Å². The standard InChI is InChI=1S/C15H24N2O2/c1-16-10-13-7-5-9-17(13)11-12-6-4-8-14(18-2)15(12)19-3/h4,6,8,13,16H,5,7,9-11H2,1-3H3. The molecule has 0 amide bonds. The van der Waals surface area contributed by atoms with Crippen molar-refractivity contribution in [1.82, 2.24) is 10.2 Å². The van der Waals surface area contributed by atoms with E-state index in [2.05, 4.69) is 16.3 Å². The molecular weight excluding hydrogens is 240 g/mol. The molecule has 1 aromatic rings. The van der Waals surface area contributed by atoms with Crippen LogP contribution in [0.5, 0.6) is 11.5 Å². The number of nitrogens with one attached hydrogen (secondary N) is 1. The maximum absolute atomic E-state index is 5.51. The van der Waals surface area contributed by atoms with E-state index in [-0.39, 0.29) is 0 Å². The molecule has 4 nitrogen and oxygen atoms in total. The number of nitrogens with zero attached hydrogens (tertiary/aromatic N) is 1. The molecule has 4 heteroatoms. The molecule has 1 aliphatic rings. The lowest BCUT2D eigenvalue weighted by atomic mass is 10.1. The summed E-state index contributed by atoms with van der Waals surface area (Å²) in [5.41, 5.74) is 1.20. The van der Waals surface area contributed by atoms with E-state index in [0.29, 0.717) is 6.04 Å². The van der Waals surface area contributed by atoms with Crippen molar-refractivity contribution in [3.05, 3.63) is 23.8 Å². The van der Waals surface area contributed by atoms with Gasteiger partial charge in [-0.25, -0.2) is 0 Å². The Balaban J connectivity index is 2.14. The minimum Gasteiger partial charge on any atom is -0.493 e. The largest absolute Gasteiger partial charge is 0.493 e. The average Bonchev–Trinajstić information content (AvgIpc) is 2.86. The van der Waals surface area contributed by atoms with Crippen LogP contribution in [0.15, 0.2) is 18.2 Å². The topological polar surface area (TPSA) is 33.7 Å². The Labute approximate surface area is 115 Å². The summed E-state index contributed by atoms with van der Waals surface area (Å²) in [7, 11) is 5.40. The molecule has 1 aliphatic heterocycles. The summed E-state index contributed by atoms with van der Waals surface area (Å²) >= 11 is 0. The Bertz CT molecular complexity index is 409. The lowest BCUT2D eigenvalue weighted by molar-refractivity contribution is 0.237. The van der Waals surface area contributed by atoms with Crippen molar-refractivity contribution < 1.29 is 9.47 Å². The van der Waals surface area contributed by atoms with Crippen LogP contribution in [-0.2, 0) is 6.54 Å². The molecule has 0 aromatic heterocycles. The van der Waals surface area contributed by atoms with Gasteiger partial charge in [-0.3, -0.25) is 4.90 Å². The Kier molecular flexibility index (Phi) is 5.05. The Morgan fingerprint density at radius 3 is 2.84 bits per heavy atom. The van der Waals surface area contributed by atoms with Crippen molar-refractivity contribution in [3.63, 3.8) is 0 Å². The summed E-state index contributed by atoms with van der Waals surface area (Å²) in [5.74, 6) is 1.67. The zero-order valence-corrected chi connectivity index (χ0v) is 12.1. The molecular formula is C15H24N2O2. The van der Waals surface area contributed by atoms with Gasteiger partial charge in [0.15, 0.2) is 11.5 Å². The van der Waals surface area contributed by atoms with Crippen LogP contribution in [0.4, 0.5) is 0 Å². The molecule has 0 aliphatic carbocycles. The number of hydrogen-bond donors (Lipinski definition) is 1. The predicted octanol–water partition coefficient (Wildman–Crippen LogP) is 1.89. The average molecular weight is 264 g/mol. The molecule has 1 fully saturated rings. The predicted molar refractivity (Wildman–Crippen MR) is 76.9 cm³/mol. The highest BCUT2D eigenvalue weighted by Crippen LogP contribution is 2.32. The van der Waals surface area contributed by atoms with Crippen LogP contribution in [0.1, 0.15) is 18.4 Å². The number of benzene rings is 1. The lowest BCUT2D eigenvalue weighted by Crippen LogP contribution is -2.36. The smallest absolute Gasteiger partial charge is 0.165 e. The van der Waals surface area contributed by atoms with Gasteiger partial charge in [0.1, 0.15) is 0 Å². The monoisotopic (exact) mass is 264 g/mol. The van der Waals surface area contributed by atoms with Gasteiger partial charge in [0, 0.05) is 24.7 Å². The fourth-order valence-electron chi connectivity index (χ4n) is 2.87. The van der Waals surface area contributed by atoms with Gasteiger partial charge in [0.05, 0.1) is 14.2 Å². The van der Waals surface area contributed by atoms with Gasteiger partial charge in [-0.05, 0) is 32.5 Å². The van der Waals surface area contributed by atoms with Crippen molar-refractivity contribution in [1.29, 1.82) is 0 Å². The molecule has 106 valence electrons. The van der Waals surface area contributed by atoms with E-state index in [1.807, 2.05) is 19.2 Å². The van der Waals surface area contributed by atoms with E-state index < -0.39 is 0 Å². The molecule has 1 N–H and O–H groups in total. The third-order valence-electron chi connectivity index (χ3n) is 3.80. The fraction of sp³-hybridized carbons (Fsp3) is 0.600. The Morgan fingerprint density at radius 1 is 1.32 bits per heavy atom. The second-order valence-electron chi connectivity index (χ2n) is 4.98. The SMILES string of the molecule is CNCC1CCCN1Cc1cccc(OC)c1OC. The maximum Gasteiger partial charge on any atom is 0.165 e. The summed E-state index contributed by atoms with van der Waals surface area (Å²) in [6.45, 7) is 3.13. The van der Waals surface area contributed by atoms with Crippen molar-refractivity contribution in [3.8, 4) is 11.5 Å². The number of likely N-dealkylation sites (N-methyl/N-ethyl adjacent to an activating group) is 1. The highest BCUT2D eigenvalue weighted by molar-refractivity contribution is 5.46. The summed E-state index contributed by atoms with van der Waals surface area (Å²) in [4.78, 5) is 2.52. The first-order valence-electron chi connectivity index (χ1n) is 6.88. The van der Waals surface area contributed by atoms with Crippen molar-refractivity contribution >= 4 is 0 Å². The number of likely N-dealkylation sites (tertiary alicyclic amines) is 1. The summed E-state index contributed by atoms with van der Waals surface area (Å²) in [5, 5.41) is 3.28. The van der Waals surface area contributed by atoms with E-state index in [0.717, 1.165) is 31.1 Å². The Morgan fingerprint density at radius 2 is 2.16 bits per heavy atom. The second-order valence-corrected chi connectivity index (χ2v) is 4.98. The quantitative estimate of drug-likeness (QED) is 0.850. The van der Waals surface area contributed by atoms with E-state index in [1.165, 1.54) is 18.4 Å². The van der Waals surface area contributed by atoms with E-state index in [4.69, 9.17) is 9.47 Å². The molecule has 0 bridgehead atoms. The lowest BCUT2D eigenvalue weighted by Gasteiger charge is -2.25. The molecule has 1 saturated heterocycles. The molecule has 1 heterocycles. The second kappa shape index (κ2) is 6.78. The minimum absolute atomic E-state index is 0.626. The van der Waals surface area contributed by atoms with E-state index in [1.54, 1.807) is 14.2 Å². The summed E-state index contributed by atoms with van der Waals surface area (Å²) in [6.07, 6.45) is 2.55. The van der Waals surface area contributed by atoms with E-state index >= 15 is 0 Å². The first kappa shape index (κ1) is 14.2. The van der Waals surface area contributed by atoms with Gasteiger partial charge >= 0.3 is 0 Å². The van der Waals surface area contributed by atoms with Crippen molar-refractivity contribution in [2.75, 3.05) is 34.4 Å². The molecule has 2 rings (SSSR count). The molecule has 0 saturated carbocycles. The van der Waals surface area contributed by atoms with Gasteiger partial charge in [0.25, 0.3) is 0 Å². The van der Waals surface area contributed by atoms with Gasteiger partial charge in [-0.2, -0.15) is 0 Å². The number of hydrogen-bond acceptors (Lipinski definition) is 4. The molecule has 0 spiro atoms. The van der Waals surface area contributed by atoms with Crippen LogP contribution in [0.3, 0.4) is 0 Å². The highest BCUT2D eigenvalue weighted by Gasteiger charge is 2.25. The molecule has 1 aromatic carbocycles. The number of methoxy groups -OCH3 is 2. The van der Waals surface area contributed by atoms with Crippen LogP contribution in [0, 0.1) is 0 Å². The molecule has 1 unspecified atom stereocenters.